The Balaban J connectivity index is 1.82. The summed E-state index contributed by atoms with van der Waals surface area (Å²) in [5.74, 6) is -0.216. The summed E-state index contributed by atoms with van der Waals surface area (Å²) in [6.07, 6.45) is 3.97. The van der Waals surface area contributed by atoms with Gasteiger partial charge in [-0.2, -0.15) is 0 Å². The Bertz CT molecular complexity index is 886. The van der Waals surface area contributed by atoms with Crippen molar-refractivity contribution in [2.45, 2.75) is 44.4 Å². The molecule has 0 aliphatic heterocycles. The minimum Gasteiger partial charge on any atom is -0.393 e. The molecule has 9 heteroatoms. The fraction of sp³-hybridized carbons (Fsp3) is 0.600. The third kappa shape index (κ3) is 2.86. The summed E-state index contributed by atoms with van der Waals surface area (Å²) < 4.78 is 3.75. The second kappa shape index (κ2) is 6.23. The molecule has 0 radical (unpaired) electrons. The van der Waals surface area contributed by atoms with E-state index in [9.17, 15) is 19.5 Å². The van der Waals surface area contributed by atoms with Gasteiger partial charge in [0.15, 0.2) is 11.2 Å². The van der Waals surface area contributed by atoms with E-state index < -0.39 is 11.2 Å². The molecular weight excluding hydrogens is 314 g/mol. The summed E-state index contributed by atoms with van der Waals surface area (Å²) >= 11 is 0. The number of nitrogens with one attached hydrogen (secondary N) is 1. The van der Waals surface area contributed by atoms with E-state index in [0.29, 0.717) is 12.8 Å². The maximum Gasteiger partial charge on any atom is 0.332 e. The molecule has 3 rings (SSSR count). The number of fused-ring (bicyclic) bond motifs is 1. The highest BCUT2D eigenvalue weighted by atomic mass is 16.3. The minimum absolute atomic E-state index is 0.0387. The van der Waals surface area contributed by atoms with E-state index in [1.807, 2.05) is 0 Å². The van der Waals surface area contributed by atoms with Crippen molar-refractivity contribution in [3.63, 3.8) is 0 Å². The van der Waals surface area contributed by atoms with Crippen LogP contribution in [0.2, 0.25) is 0 Å². The average Bonchev–Trinajstić information content (AvgIpc) is 2.96. The maximum absolute atomic E-state index is 12.3. The van der Waals surface area contributed by atoms with E-state index in [4.69, 9.17) is 0 Å². The predicted molar refractivity (Wildman–Crippen MR) is 86.6 cm³/mol. The van der Waals surface area contributed by atoms with E-state index in [1.165, 1.54) is 29.6 Å². The van der Waals surface area contributed by atoms with Gasteiger partial charge in [-0.3, -0.25) is 18.7 Å². The number of carbonyl (C=O) groups excluding carboxylic acids is 1. The highest BCUT2D eigenvalue weighted by molar-refractivity contribution is 5.79. The predicted octanol–water partition coefficient (Wildman–Crippen LogP) is -1.15. The number of hydrogen-bond acceptors (Lipinski definition) is 5. The molecule has 2 N–H and O–H groups in total. The van der Waals surface area contributed by atoms with Gasteiger partial charge in [0.1, 0.15) is 6.54 Å². The zero-order chi connectivity index (χ0) is 17.4. The van der Waals surface area contributed by atoms with Crippen LogP contribution in [0.3, 0.4) is 0 Å². The SMILES string of the molecule is Cn1c(=O)c2c(ncn2CC(=O)NC2CCC(O)CC2)n(C)c1=O. The molecule has 0 bridgehead atoms. The largest absolute Gasteiger partial charge is 0.393 e. The van der Waals surface area contributed by atoms with Crippen LogP contribution in [-0.2, 0) is 25.4 Å². The van der Waals surface area contributed by atoms with Gasteiger partial charge in [-0.25, -0.2) is 9.78 Å². The van der Waals surface area contributed by atoms with Gasteiger partial charge in [0, 0.05) is 20.1 Å². The summed E-state index contributed by atoms with van der Waals surface area (Å²) in [6.45, 7) is -0.0387. The molecule has 24 heavy (non-hydrogen) atoms. The quantitative estimate of drug-likeness (QED) is 0.736. The fourth-order valence-corrected chi connectivity index (χ4v) is 3.17. The van der Waals surface area contributed by atoms with Gasteiger partial charge in [0.2, 0.25) is 5.91 Å². The first-order chi connectivity index (χ1) is 11.4. The molecule has 130 valence electrons. The van der Waals surface area contributed by atoms with Crippen LogP contribution < -0.4 is 16.6 Å². The second-order valence-corrected chi connectivity index (χ2v) is 6.32. The van der Waals surface area contributed by atoms with Crippen molar-refractivity contribution in [1.29, 1.82) is 0 Å². The molecule has 2 heterocycles. The monoisotopic (exact) mass is 335 g/mol. The van der Waals surface area contributed by atoms with Crippen molar-refractivity contribution in [3.8, 4) is 0 Å². The summed E-state index contributed by atoms with van der Waals surface area (Å²) in [5.41, 5.74) is -0.437. The molecule has 1 aliphatic carbocycles. The van der Waals surface area contributed by atoms with Crippen molar-refractivity contribution in [3.05, 3.63) is 27.2 Å². The fourth-order valence-electron chi connectivity index (χ4n) is 3.17. The lowest BCUT2D eigenvalue weighted by atomic mass is 9.93. The Labute approximate surface area is 137 Å². The lowest BCUT2D eigenvalue weighted by molar-refractivity contribution is -0.122. The second-order valence-electron chi connectivity index (χ2n) is 6.32. The molecule has 0 unspecified atom stereocenters. The van der Waals surface area contributed by atoms with Crippen LogP contribution in [0.4, 0.5) is 0 Å². The zero-order valence-electron chi connectivity index (χ0n) is 13.7. The van der Waals surface area contributed by atoms with E-state index >= 15 is 0 Å². The smallest absolute Gasteiger partial charge is 0.332 e. The number of nitrogens with zero attached hydrogens (tertiary/aromatic N) is 4. The highest BCUT2D eigenvalue weighted by Gasteiger charge is 2.22. The van der Waals surface area contributed by atoms with Crippen LogP contribution in [-0.4, -0.2) is 41.8 Å². The Hall–Kier alpha value is -2.42. The van der Waals surface area contributed by atoms with Crippen LogP contribution >= 0.6 is 0 Å². The third-order valence-corrected chi connectivity index (χ3v) is 4.59. The molecule has 1 aliphatic rings. The number of carbonyl (C=O) groups is 1. The number of imidazole rings is 1. The van der Waals surface area contributed by atoms with E-state index in [0.717, 1.165) is 17.4 Å². The zero-order valence-corrected chi connectivity index (χ0v) is 13.7. The molecule has 2 aromatic rings. The first-order valence-corrected chi connectivity index (χ1v) is 7.96. The van der Waals surface area contributed by atoms with Crippen LogP contribution in [0, 0.1) is 0 Å². The van der Waals surface area contributed by atoms with Crippen molar-refractivity contribution >= 4 is 17.1 Å². The number of aromatic nitrogens is 4. The number of hydrogen-bond donors (Lipinski definition) is 2. The molecule has 0 atom stereocenters. The molecule has 2 aromatic heterocycles. The number of aliphatic hydroxyl groups is 1. The first-order valence-electron chi connectivity index (χ1n) is 7.96. The lowest BCUT2D eigenvalue weighted by Gasteiger charge is -2.26. The molecular formula is C15H21N5O4. The first kappa shape index (κ1) is 16.4. The van der Waals surface area contributed by atoms with Gasteiger partial charge in [-0.1, -0.05) is 0 Å². The Kier molecular flexibility index (Phi) is 4.27. The van der Waals surface area contributed by atoms with Gasteiger partial charge < -0.3 is 15.0 Å². The summed E-state index contributed by atoms with van der Waals surface area (Å²) in [5, 5.41) is 12.4. The summed E-state index contributed by atoms with van der Waals surface area (Å²) in [7, 11) is 2.93. The Morgan fingerprint density at radius 1 is 1.25 bits per heavy atom. The molecule has 1 amide bonds. The van der Waals surface area contributed by atoms with Gasteiger partial charge in [-0.15, -0.1) is 0 Å². The van der Waals surface area contributed by atoms with E-state index in [2.05, 4.69) is 10.3 Å². The molecule has 0 spiro atoms. The van der Waals surface area contributed by atoms with Crippen LogP contribution in [0.25, 0.3) is 11.2 Å². The number of rotatable bonds is 3. The van der Waals surface area contributed by atoms with Crippen molar-refractivity contribution < 1.29 is 9.90 Å². The van der Waals surface area contributed by atoms with Crippen LogP contribution in [0.1, 0.15) is 25.7 Å². The van der Waals surface area contributed by atoms with Crippen molar-refractivity contribution in [2.24, 2.45) is 14.1 Å². The number of aliphatic hydroxyl groups excluding tert-OH is 1. The van der Waals surface area contributed by atoms with Gasteiger partial charge in [0.25, 0.3) is 5.56 Å². The average molecular weight is 335 g/mol. The Morgan fingerprint density at radius 2 is 1.92 bits per heavy atom. The minimum atomic E-state index is -0.473. The van der Waals surface area contributed by atoms with Crippen molar-refractivity contribution in [1.82, 2.24) is 24.0 Å². The van der Waals surface area contributed by atoms with Gasteiger partial charge in [-0.05, 0) is 25.7 Å². The summed E-state index contributed by atoms with van der Waals surface area (Å²) in [6, 6.07) is 0.0443. The molecule has 0 aromatic carbocycles. The lowest BCUT2D eigenvalue weighted by Crippen LogP contribution is -2.41. The number of amides is 1. The van der Waals surface area contributed by atoms with Crippen LogP contribution in [0.15, 0.2) is 15.9 Å². The molecule has 9 nitrogen and oxygen atoms in total. The van der Waals surface area contributed by atoms with Gasteiger partial charge in [0.05, 0.1) is 12.4 Å². The van der Waals surface area contributed by atoms with Crippen LogP contribution in [0.5, 0.6) is 0 Å². The standard InChI is InChI=1S/C15H21N5O4/c1-18-13-12(14(23)19(2)15(18)24)20(8-16-13)7-11(22)17-9-3-5-10(21)6-4-9/h8-10,21H,3-7H2,1-2H3,(H,17,22). The topological polar surface area (TPSA) is 111 Å². The highest BCUT2D eigenvalue weighted by Crippen LogP contribution is 2.18. The normalized spacial score (nSPS) is 21.1. The van der Waals surface area contributed by atoms with E-state index in [-0.39, 0.29) is 35.8 Å². The molecule has 0 saturated heterocycles. The van der Waals surface area contributed by atoms with Gasteiger partial charge >= 0.3 is 5.69 Å². The van der Waals surface area contributed by atoms with Crippen molar-refractivity contribution in [2.75, 3.05) is 0 Å². The van der Waals surface area contributed by atoms with E-state index in [1.54, 1.807) is 0 Å². The molecule has 1 fully saturated rings. The third-order valence-electron chi connectivity index (χ3n) is 4.59. The Morgan fingerprint density at radius 3 is 2.58 bits per heavy atom. The summed E-state index contributed by atoms with van der Waals surface area (Å²) in [4.78, 5) is 40.6. The maximum atomic E-state index is 12.3. The molecule has 1 saturated carbocycles. The number of aryl methyl sites for hydroxylation is 1.